The van der Waals surface area contributed by atoms with Crippen LogP contribution in [-0.4, -0.2) is 52.5 Å². The van der Waals surface area contributed by atoms with Crippen LogP contribution in [0.25, 0.3) is 0 Å². The van der Waals surface area contributed by atoms with E-state index in [2.05, 4.69) is 0 Å². The minimum absolute atomic E-state index is 0.0106. The number of likely N-dealkylation sites (N-methyl/N-ethyl adjacent to an activating group) is 1. The Morgan fingerprint density at radius 2 is 1.82 bits per heavy atom. The van der Waals surface area contributed by atoms with E-state index >= 15 is 0 Å². The zero-order valence-electron chi connectivity index (χ0n) is 10.1. The molecule has 4 nitrogen and oxygen atoms in total. The first-order chi connectivity index (χ1) is 7.47. The topological polar surface area (TPSA) is 60.8 Å². The van der Waals surface area contributed by atoms with Crippen molar-refractivity contribution in [1.29, 1.82) is 0 Å². The van der Waals surface area contributed by atoms with Crippen molar-refractivity contribution in [3.63, 3.8) is 0 Å². The lowest BCUT2D eigenvalue weighted by Gasteiger charge is -2.30. The average molecular weight is 257 g/mol. The van der Waals surface area contributed by atoms with E-state index in [9.17, 15) is 23.1 Å². The monoisotopic (exact) mass is 257 g/mol. The van der Waals surface area contributed by atoms with Crippen LogP contribution in [0, 0.1) is 5.92 Å². The molecule has 0 saturated heterocycles. The number of halogens is 3. The van der Waals surface area contributed by atoms with Crippen LogP contribution in [0.15, 0.2) is 0 Å². The van der Waals surface area contributed by atoms with Gasteiger partial charge < -0.3 is 10.2 Å². The summed E-state index contributed by atoms with van der Waals surface area (Å²) in [6.07, 6.45) is -4.78. The van der Waals surface area contributed by atoms with E-state index in [1.165, 1.54) is 18.7 Å². The largest absolute Gasteiger partial charge is 0.481 e. The summed E-state index contributed by atoms with van der Waals surface area (Å²) in [5, 5.41) is 18.0. The van der Waals surface area contributed by atoms with Gasteiger partial charge in [-0.3, -0.25) is 9.69 Å². The highest BCUT2D eigenvalue weighted by molar-refractivity contribution is 5.71. The number of alkyl halides is 3. The number of rotatable bonds is 6. The van der Waals surface area contributed by atoms with Crippen molar-refractivity contribution < 1.29 is 28.2 Å². The Hall–Kier alpha value is -0.820. The molecule has 0 aliphatic rings. The van der Waals surface area contributed by atoms with Crippen molar-refractivity contribution in [3.05, 3.63) is 0 Å². The molecule has 0 aliphatic heterocycles. The van der Waals surface area contributed by atoms with Gasteiger partial charge in [-0.15, -0.1) is 0 Å². The Morgan fingerprint density at radius 3 is 2.06 bits per heavy atom. The van der Waals surface area contributed by atoms with Gasteiger partial charge >= 0.3 is 12.1 Å². The van der Waals surface area contributed by atoms with Crippen molar-refractivity contribution in [2.45, 2.75) is 32.5 Å². The van der Waals surface area contributed by atoms with Crippen LogP contribution in [0.4, 0.5) is 13.2 Å². The van der Waals surface area contributed by atoms with Gasteiger partial charge in [0.25, 0.3) is 0 Å². The number of carbonyl (C=O) groups is 1. The van der Waals surface area contributed by atoms with Gasteiger partial charge in [0.15, 0.2) is 5.92 Å². The molecule has 1 atom stereocenters. The highest BCUT2D eigenvalue weighted by Gasteiger charge is 2.46. The van der Waals surface area contributed by atoms with Crippen molar-refractivity contribution in [1.82, 2.24) is 4.90 Å². The van der Waals surface area contributed by atoms with Gasteiger partial charge in [0.2, 0.25) is 0 Å². The lowest BCUT2D eigenvalue weighted by Crippen LogP contribution is -2.46. The summed E-state index contributed by atoms with van der Waals surface area (Å²) in [6.45, 7) is 4.10. The molecule has 0 aromatic rings. The van der Waals surface area contributed by atoms with Crippen LogP contribution < -0.4 is 0 Å². The highest BCUT2D eigenvalue weighted by Crippen LogP contribution is 2.27. The van der Waals surface area contributed by atoms with E-state index in [4.69, 9.17) is 5.11 Å². The summed E-state index contributed by atoms with van der Waals surface area (Å²) in [5.74, 6) is -4.32. The number of aliphatic carboxylic acids is 1. The summed E-state index contributed by atoms with van der Waals surface area (Å²) in [6, 6.07) is 0. The van der Waals surface area contributed by atoms with Gasteiger partial charge in [-0.25, -0.2) is 0 Å². The number of nitrogens with zero attached hydrogens (tertiary/aromatic N) is 1. The standard InChI is InChI=1S/C10H18F3NO3/c1-4-14(6-9(2,3)17)5-7(8(15)16)10(11,12)13/h7,17H,4-6H2,1-3H3,(H,15,16). The first-order valence-electron chi connectivity index (χ1n) is 5.21. The number of hydrogen-bond donors (Lipinski definition) is 2. The molecule has 0 spiro atoms. The molecule has 17 heavy (non-hydrogen) atoms. The predicted molar refractivity (Wildman–Crippen MR) is 55.6 cm³/mol. The fourth-order valence-electron chi connectivity index (χ4n) is 1.43. The van der Waals surface area contributed by atoms with E-state index in [0.29, 0.717) is 0 Å². The minimum atomic E-state index is -4.78. The second kappa shape index (κ2) is 5.68. The summed E-state index contributed by atoms with van der Waals surface area (Å²) < 4.78 is 37.3. The second-order valence-corrected chi connectivity index (χ2v) is 4.57. The molecule has 0 aliphatic carbocycles. The number of carboxylic acid groups (broad SMARTS) is 1. The molecule has 2 N–H and O–H groups in total. The number of hydrogen-bond acceptors (Lipinski definition) is 3. The molecule has 102 valence electrons. The molecular formula is C10H18F3NO3. The van der Waals surface area contributed by atoms with Crippen LogP contribution in [0.3, 0.4) is 0 Å². The van der Waals surface area contributed by atoms with Gasteiger partial charge in [0, 0.05) is 13.1 Å². The minimum Gasteiger partial charge on any atom is -0.481 e. The van der Waals surface area contributed by atoms with Crippen molar-refractivity contribution >= 4 is 5.97 Å². The summed E-state index contributed by atoms with van der Waals surface area (Å²) in [5.41, 5.74) is -1.16. The maximum atomic E-state index is 12.4. The van der Waals surface area contributed by atoms with Gasteiger partial charge in [0.05, 0.1) is 5.60 Å². The van der Waals surface area contributed by atoms with Crippen LogP contribution in [0.1, 0.15) is 20.8 Å². The third-order valence-corrected chi connectivity index (χ3v) is 2.19. The lowest BCUT2D eigenvalue weighted by molar-refractivity contribution is -0.197. The van der Waals surface area contributed by atoms with Crippen LogP contribution in [-0.2, 0) is 4.79 Å². The third kappa shape index (κ3) is 6.48. The van der Waals surface area contributed by atoms with Gasteiger partial charge in [-0.2, -0.15) is 13.2 Å². The van der Waals surface area contributed by atoms with Crippen LogP contribution in [0.2, 0.25) is 0 Å². The molecule has 1 unspecified atom stereocenters. The van der Waals surface area contributed by atoms with Crippen molar-refractivity contribution in [2.75, 3.05) is 19.6 Å². The molecular weight excluding hydrogens is 239 g/mol. The highest BCUT2D eigenvalue weighted by atomic mass is 19.4. The maximum Gasteiger partial charge on any atom is 0.403 e. The quantitative estimate of drug-likeness (QED) is 0.754. The van der Waals surface area contributed by atoms with E-state index in [1.54, 1.807) is 6.92 Å². The summed E-state index contributed by atoms with van der Waals surface area (Å²) in [7, 11) is 0. The van der Waals surface area contributed by atoms with Crippen molar-refractivity contribution in [2.24, 2.45) is 5.92 Å². The lowest BCUT2D eigenvalue weighted by atomic mass is 10.1. The molecule has 0 fully saturated rings. The molecule has 0 bridgehead atoms. The van der Waals surface area contributed by atoms with Crippen LogP contribution >= 0.6 is 0 Å². The Labute approximate surface area is 98.0 Å². The summed E-state index contributed by atoms with van der Waals surface area (Å²) >= 11 is 0. The molecule has 0 aromatic heterocycles. The Bertz CT molecular complexity index is 261. The molecule has 0 saturated carbocycles. The molecule has 7 heteroatoms. The fraction of sp³-hybridized carbons (Fsp3) is 0.900. The normalized spacial score (nSPS) is 15.1. The Kier molecular flexibility index (Phi) is 5.41. The predicted octanol–water partition coefficient (Wildman–Crippen LogP) is 1.34. The zero-order chi connectivity index (χ0) is 13.9. The molecule has 0 aromatic carbocycles. The first-order valence-corrected chi connectivity index (χ1v) is 5.21. The number of carboxylic acids is 1. The van der Waals surface area contributed by atoms with Crippen molar-refractivity contribution in [3.8, 4) is 0 Å². The fourth-order valence-corrected chi connectivity index (χ4v) is 1.43. The second-order valence-electron chi connectivity index (χ2n) is 4.57. The molecule has 0 rings (SSSR count). The smallest absolute Gasteiger partial charge is 0.403 e. The SMILES string of the molecule is CCN(CC(C(=O)O)C(F)(F)F)CC(C)(C)O. The summed E-state index contributed by atoms with van der Waals surface area (Å²) in [4.78, 5) is 11.8. The zero-order valence-corrected chi connectivity index (χ0v) is 10.1. The third-order valence-electron chi connectivity index (χ3n) is 2.19. The molecule has 0 heterocycles. The average Bonchev–Trinajstić information content (AvgIpc) is 2.07. The van der Waals surface area contributed by atoms with E-state index in [1.807, 2.05) is 0 Å². The van der Waals surface area contributed by atoms with E-state index in [-0.39, 0.29) is 13.1 Å². The first kappa shape index (κ1) is 16.2. The van der Waals surface area contributed by atoms with Crippen LogP contribution in [0.5, 0.6) is 0 Å². The Balaban J connectivity index is 4.68. The van der Waals surface area contributed by atoms with Gasteiger partial charge in [-0.05, 0) is 20.4 Å². The molecule has 0 amide bonds. The van der Waals surface area contributed by atoms with Gasteiger partial charge in [0.1, 0.15) is 0 Å². The Morgan fingerprint density at radius 1 is 1.35 bits per heavy atom. The van der Waals surface area contributed by atoms with E-state index in [0.717, 1.165) is 0 Å². The number of aliphatic hydroxyl groups is 1. The maximum absolute atomic E-state index is 12.4. The van der Waals surface area contributed by atoms with E-state index < -0.39 is 30.2 Å². The van der Waals surface area contributed by atoms with Gasteiger partial charge in [-0.1, -0.05) is 6.92 Å². The molecule has 0 radical (unpaired) electrons.